The van der Waals surface area contributed by atoms with Crippen molar-refractivity contribution in [3.63, 3.8) is 0 Å². The summed E-state index contributed by atoms with van der Waals surface area (Å²) in [6.07, 6.45) is 8.01. The van der Waals surface area contributed by atoms with Gasteiger partial charge in [-0.2, -0.15) is 0 Å². The van der Waals surface area contributed by atoms with Gasteiger partial charge in [0.05, 0.1) is 0 Å². The van der Waals surface area contributed by atoms with E-state index in [1.807, 2.05) is 0 Å². The summed E-state index contributed by atoms with van der Waals surface area (Å²) in [5.41, 5.74) is 5.46. The number of hydrogen-bond donors (Lipinski definition) is 1. The highest BCUT2D eigenvalue weighted by Gasteiger charge is 2.23. The van der Waals surface area contributed by atoms with E-state index in [0.29, 0.717) is 5.92 Å². The smallest absolute Gasteiger partial charge is 0.220 e. The van der Waals surface area contributed by atoms with Crippen LogP contribution in [-0.2, 0) is 4.79 Å². The van der Waals surface area contributed by atoms with Crippen LogP contribution in [-0.4, -0.2) is 5.91 Å². The van der Waals surface area contributed by atoms with Crippen LogP contribution in [0.5, 0.6) is 0 Å². The third-order valence-corrected chi connectivity index (χ3v) is 3.24. The first-order chi connectivity index (χ1) is 7.17. The molecule has 2 unspecified atom stereocenters. The van der Waals surface area contributed by atoms with Crippen LogP contribution in [0.25, 0.3) is 0 Å². The van der Waals surface area contributed by atoms with Gasteiger partial charge in [0.25, 0.3) is 0 Å². The highest BCUT2D eigenvalue weighted by molar-refractivity contribution is 5.76. The minimum Gasteiger partial charge on any atom is -0.369 e. The molecule has 2 atom stereocenters. The molecule has 0 saturated heterocycles. The topological polar surface area (TPSA) is 43.1 Å². The molecule has 0 aromatic rings. The Balaban J connectivity index is 4.12. The zero-order valence-corrected chi connectivity index (χ0v) is 10.6. The van der Waals surface area contributed by atoms with Crippen molar-refractivity contribution in [3.05, 3.63) is 0 Å². The first kappa shape index (κ1) is 14.5. The van der Waals surface area contributed by atoms with Crippen molar-refractivity contribution in [1.29, 1.82) is 0 Å². The Bertz CT molecular complexity index is 168. The number of primary amides is 1. The van der Waals surface area contributed by atoms with Gasteiger partial charge in [0.1, 0.15) is 0 Å². The Hall–Kier alpha value is -0.530. The second kappa shape index (κ2) is 8.75. The second-order valence-electron chi connectivity index (χ2n) is 4.46. The summed E-state index contributed by atoms with van der Waals surface area (Å²) in [5, 5.41) is 0. The SMILES string of the molecule is CCCCCC(CC)C(CCC)C(N)=O. The summed E-state index contributed by atoms with van der Waals surface area (Å²) in [4.78, 5) is 11.3. The Labute approximate surface area is 94.6 Å². The van der Waals surface area contributed by atoms with Crippen LogP contribution in [0.15, 0.2) is 0 Å². The molecule has 0 aromatic heterocycles. The minimum absolute atomic E-state index is 0.0970. The molecule has 2 heteroatoms. The molecule has 0 bridgehead atoms. The van der Waals surface area contributed by atoms with E-state index in [2.05, 4.69) is 20.8 Å². The van der Waals surface area contributed by atoms with E-state index in [-0.39, 0.29) is 11.8 Å². The molecule has 0 saturated carbocycles. The fourth-order valence-electron chi connectivity index (χ4n) is 2.27. The number of carbonyl (C=O) groups is 1. The fraction of sp³-hybridized carbons (Fsp3) is 0.923. The van der Waals surface area contributed by atoms with Gasteiger partial charge in [-0.05, 0) is 18.8 Å². The lowest BCUT2D eigenvalue weighted by atomic mass is 9.82. The van der Waals surface area contributed by atoms with Crippen molar-refractivity contribution in [2.75, 3.05) is 0 Å². The lowest BCUT2D eigenvalue weighted by Gasteiger charge is -2.23. The molecule has 2 nitrogen and oxygen atoms in total. The molecule has 0 spiro atoms. The number of unbranched alkanes of at least 4 members (excludes halogenated alkanes) is 2. The molecule has 90 valence electrons. The summed E-state index contributed by atoms with van der Waals surface area (Å²) < 4.78 is 0. The molecular weight excluding hydrogens is 186 g/mol. The predicted octanol–water partition coefficient (Wildman–Crippen LogP) is 3.49. The molecule has 0 aliphatic heterocycles. The van der Waals surface area contributed by atoms with Crippen molar-refractivity contribution in [2.45, 2.75) is 65.7 Å². The van der Waals surface area contributed by atoms with Crippen LogP contribution in [0.2, 0.25) is 0 Å². The Kier molecular flexibility index (Phi) is 8.44. The van der Waals surface area contributed by atoms with Crippen molar-refractivity contribution in [2.24, 2.45) is 17.6 Å². The van der Waals surface area contributed by atoms with E-state index in [9.17, 15) is 4.79 Å². The number of carbonyl (C=O) groups excluding carboxylic acids is 1. The fourth-order valence-corrected chi connectivity index (χ4v) is 2.27. The van der Waals surface area contributed by atoms with Crippen LogP contribution >= 0.6 is 0 Å². The van der Waals surface area contributed by atoms with Crippen LogP contribution in [0.3, 0.4) is 0 Å². The van der Waals surface area contributed by atoms with Gasteiger partial charge in [-0.25, -0.2) is 0 Å². The van der Waals surface area contributed by atoms with E-state index >= 15 is 0 Å². The molecule has 0 radical (unpaired) electrons. The monoisotopic (exact) mass is 213 g/mol. The van der Waals surface area contributed by atoms with Crippen molar-refractivity contribution < 1.29 is 4.79 Å². The maximum Gasteiger partial charge on any atom is 0.220 e. The van der Waals surface area contributed by atoms with Gasteiger partial charge < -0.3 is 5.73 Å². The molecule has 0 rings (SSSR count). The Morgan fingerprint density at radius 3 is 2.13 bits per heavy atom. The van der Waals surface area contributed by atoms with Crippen molar-refractivity contribution in [3.8, 4) is 0 Å². The Morgan fingerprint density at radius 1 is 1.07 bits per heavy atom. The summed E-state index contributed by atoms with van der Waals surface area (Å²) >= 11 is 0. The number of nitrogens with two attached hydrogens (primary N) is 1. The molecule has 0 aromatic carbocycles. The first-order valence-electron chi connectivity index (χ1n) is 6.46. The normalized spacial score (nSPS) is 14.9. The highest BCUT2D eigenvalue weighted by atomic mass is 16.1. The van der Waals surface area contributed by atoms with Gasteiger partial charge in [-0.3, -0.25) is 4.79 Å². The van der Waals surface area contributed by atoms with Crippen molar-refractivity contribution in [1.82, 2.24) is 0 Å². The third-order valence-electron chi connectivity index (χ3n) is 3.24. The highest BCUT2D eigenvalue weighted by Crippen LogP contribution is 2.26. The zero-order chi connectivity index (χ0) is 11.7. The average Bonchev–Trinajstić information content (AvgIpc) is 2.22. The molecular formula is C13H27NO. The zero-order valence-electron chi connectivity index (χ0n) is 10.6. The summed E-state index contributed by atoms with van der Waals surface area (Å²) in [5.74, 6) is 0.519. The van der Waals surface area contributed by atoms with Crippen LogP contribution in [0.4, 0.5) is 0 Å². The van der Waals surface area contributed by atoms with Crippen LogP contribution in [0.1, 0.15) is 65.7 Å². The second-order valence-corrected chi connectivity index (χ2v) is 4.46. The maximum atomic E-state index is 11.3. The third kappa shape index (κ3) is 5.81. The van der Waals surface area contributed by atoms with Crippen LogP contribution in [0, 0.1) is 11.8 Å². The lowest BCUT2D eigenvalue weighted by Crippen LogP contribution is -2.29. The van der Waals surface area contributed by atoms with Gasteiger partial charge in [-0.1, -0.05) is 52.9 Å². The standard InChI is InChI=1S/C13H27NO/c1-4-7-8-10-11(6-3)12(9-5-2)13(14)15/h11-12H,4-10H2,1-3H3,(H2,14,15). The molecule has 0 heterocycles. The minimum atomic E-state index is -0.0970. The number of rotatable bonds is 9. The summed E-state index contributed by atoms with van der Waals surface area (Å²) in [7, 11) is 0. The lowest BCUT2D eigenvalue weighted by molar-refractivity contribution is -0.123. The summed E-state index contributed by atoms with van der Waals surface area (Å²) in [6, 6.07) is 0. The average molecular weight is 213 g/mol. The summed E-state index contributed by atoms with van der Waals surface area (Å²) in [6.45, 7) is 6.50. The largest absolute Gasteiger partial charge is 0.369 e. The van der Waals surface area contributed by atoms with Crippen molar-refractivity contribution >= 4 is 5.91 Å². The van der Waals surface area contributed by atoms with E-state index in [4.69, 9.17) is 5.73 Å². The van der Waals surface area contributed by atoms with Gasteiger partial charge in [-0.15, -0.1) is 0 Å². The first-order valence-corrected chi connectivity index (χ1v) is 6.46. The number of hydrogen-bond acceptors (Lipinski definition) is 1. The quantitative estimate of drug-likeness (QED) is 0.585. The Morgan fingerprint density at radius 2 is 1.73 bits per heavy atom. The van der Waals surface area contributed by atoms with Gasteiger partial charge in [0.15, 0.2) is 0 Å². The van der Waals surface area contributed by atoms with E-state index in [1.54, 1.807) is 0 Å². The molecule has 0 aliphatic rings. The van der Waals surface area contributed by atoms with E-state index < -0.39 is 0 Å². The van der Waals surface area contributed by atoms with Gasteiger partial charge >= 0.3 is 0 Å². The number of amides is 1. The maximum absolute atomic E-state index is 11.3. The molecule has 0 fully saturated rings. The molecule has 15 heavy (non-hydrogen) atoms. The van der Waals surface area contributed by atoms with Gasteiger partial charge in [0.2, 0.25) is 5.91 Å². The molecule has 1 amide bonds. The van der Waals surface area contributed by atoms with E-state index in [0.717, 1.165) is 25.7 Å². The van der Waals surface area contributed by atoms with E-state index in [1.165, 1.54) is 19.3 Å². The van der Waals surface area contributed by atoms with Crippen LogP contribution < -0.4 is 5.73 Å². The predicted molar refractivity (Wildman–Crippen MR) is 65.5 cm³/mol. The molecule has 2 N–H and O–H groups in total. The van der Waals surface area contributed by atoms with Gasteiger partial charge in [0, 0.05) is 5.92 Å². The molecule has 0 aliphatic carbocycles.